The van der Waals surface area contributed by atoms with Gasteiger partial charge in [0.15, 0.2) is 0 Å². The van der Waals surface area contributed by atoms with Gasteiger partial charge in [0.1, 0.15) is 0 Å². The molecular weight excluding hydrogens is 351 g/mol. The van der Waals surface area contributed by atoms with Crippen molar-refractivity contribution in [2.45, 2.75) is 6.18 Å². The maximum Gasteiger partial charge on any atom is 0.418 e. The summed E-state index contributed by atoms with van der Waals surface area (Å²) in [7, 11) is 0. The summed E-state index contributed by atoms with van der Waals surface area (Å²) in [6.07, 6.45) is -4.47. The van der Waals surface area contributed by atoms with Crippen LogP contribution in [0.15, 0.2) is 22.7 Å². The first kappa shape index (κ1) is 16.1. The molecule has 1 aliphatic rings. The van der Waals surface area contributed by atoms with Crippen molar-refractivity contribution in [3.05, 3.63) is 28.2 Å². The van der Waals surface area contributed by atoms with Gasteiger partial charge in [-0.25, -0.2) is 0 Å². The summed E-state index contributed by atoms with van der Waals surface area (Å²) in [4.78, 5) is 13.6. The first-order chi connectivity index (χ1) is 9.88. The Bertz CT molecular complexity index is 516. The highest BCUT2D eigenvalue weighted by Gasteiger charge is 2.33. The average molecular weight is 366 g/mol. The van der Waals surface area contributed by atoms with Gasteiger partial charge >= 0.3 is 6.18 Å². The molecule has 0 radical (unpaired) electrons. The van der Waals surface area contributed by atoms with Crippen LogP contribution in [0.5, 0.6) is 0 Å². The van der Waals surface area contributed by atoms with Crippen LogP contribution in [0, 0.1) is 0 Å². The number of rotatable bonds is 3. The van der Waals surface area contributed by atoms with Crippen molar-refractivity contribution in [3.8, 4) is 0 Å². The van der Waals surface area contributed by atoms with Gasteiger partial charge in [-0.15, -0.1) is 0 Å². The van der Waals surface area contributed by atoms with Gasteiger partial charge < -0.3 is 15.5 Å². The third-order valence-corrected chi connectivity index (χ3v) is 3.68. The molecule has 0 atom stereocenters. The number of anilines is 1. The summed E-state index contributed by atoms with van der Waals surface area (Å²) in [5.41, 5.74) is -0.876. The van der Waals surface area contributed by atoms with E-state index >= 15 is 0 Å². The SMILES string of the molecule is O=C(CNc1ccc(Br)cc1C(F)(F)F)N1CCNCC1. The summed E-state index contributed by atoms with van der Waals surface area (Å²) >= 11 is 3.02. The second-order valence-electron chi connectivity index (χ2n) is 4.67. The molecule has 21 heavy (non-hydrogen) atoms. The minimum Gasteiger partial charge on any atom is -0.376 e. The van der Waals surface area contributed by atoms with Crippen molar-refractivity contribution in [2.24, 2.45) is 0 Å². The highest BCUT2D eigenvalue weighted by molar-refractivity contribution is 9.10. The molecule has 0 aromatic heterocycles. The Balaban J connectivity index is 2.04. The molecule has 116 valence electrons. The van der Waals surface area contributed by atoms with Crippen molar-refractivity contribution in [1.29, 1.82) is 0 Å². The summed E-state index contributed by atoms with van der Waals surface area (Å²) in [5, 5.41) is 5.70. The number of nitrogens with zero attached hydrogens (tertiary/aromatic N) is 1. The Morgan fingerprint density at radius 1 is 1.33 bits per heavy atom. The molecule has 1 saturated heterocycles. The van der Waals surface area contributed by atoms with Crippen molar-refractivity contribution in [1.82, 2.24) is 10.2 Å². The van der Waals surface area contributed by atoms with Gasteiger partial charge in [-0.1, -0.05) is 15.9 Å². The molecule has 0 unspecified atom stereocenters. The molecule has 1 aliphatic heterocycles. The van der Waals surface area contributed by atoms with Crippen molar-refractivity contribution < 1.29 is 18.0 Å². The van der Waals surface area contributed by atoms with Crippen molar-refractivity contribution in [2.75, 3.05) is 38.0 Å². The lowest BCUT2D eigenvalue weighted by molar-refractivity contribution is -0.137. The second kappa shape index (κ2) is 6.65. The summed E-state index contributed by atoms with van der Waals surface area (Å²) in [6.45, 7) is 2.42. The van der Waals surface area contributed by atoms with Crippen LogP contribution < -0.4 is 10.6 Å². The molecular formula is C13H15BrF3N3O. The van der Waals surface area contributed by atoms with E-state index in [1.807, 2.05) is 0 Å². The van der Waals surface area contributed by atoms with Gasteiger partial charge in [0.25, 0.3) is 0 Å². The van der Waals surface area contributed by atoms with E-state index < -0.39 is 11.7 Å². The van der Waals surface area contributed by atoms with Crippen LogP contribution in [-0.2, 0) is 11.0 Å². The number of halogens is 4. The number of piperazine rings is 1. The summed E-state index contributed by atoms with van der Waals surface area (Å²) in [5.74, 6) is -0.201. The van der Waals surface area contributed by atoms with E-state index in [2.05, 4.69) is 26.6 Å². The van der Waals surface area contributed by atoms with E-state index in [0.29, 0.717) is 30.7 Å². The van der Waals surface area contributed by atoms with Crippen LogP contribution in [0.1, 0.15) is 5.56 Å². The van der Waals surface area contributed by atoms with Crippen LogP contribution in [-0.4, -0.2) is 43.5 Å². The van der Waals surface area contributed by atoms with Gasteiger partial charge in [-0.2, -0.15) is 13.2 Å². The summed E-state index contributed by atoms with van der Waals surface area (Å²) < 4.78 is 39.2. The lowest BCUT2D eigenvalue weighted by atomic mass is 10.1. The Labute approximate surface area is 128 Å². The quantitative estimate of drug-likeness (QED) is 0.863. The molecule has 0 bridgehead atoms. The molecule has 1 amide bonds. The zero-order chi connectivity index (χ0) is 15.5. The normalized spacial score (nSPS) is 15.9. The Hall–Kier alpha value is -1.28. The maximum atomic E-state index is 12.9. The van der Waals surface area contributed by atoms with E-state index in [9.17, 15) is 18.0 Å². The lowest BCUT2D eigenvalue weighted by Gasteiger charge is -2.27. The topological polar surface area (TPSA) is 44.4 Å². The fraction of sp³-hybridized carbons (Fsp3) is 0.462. The lowest BCUT2D eigenvalue weighted by Crippen LogP contribution is -2.48. The predicted molar refractivity (Wildman–Crippen MR) is 77.1 cm³/mol. The van der Waals surface area contributed by atoms with Crippen LogP contribution in [0.3, 0.4) is 0 Å². The van der Waals surface area contributed by atoms with Crippen molar-refractivity contribution >= 4 is 27.5 Å². The molecule has 1 heterocycles. The predicted octanol–water partition coefficient (Wildman–Crippen LogP) is 2.31. The number of carbonyl (C=O) groups is 1. The Morgan fingerprint density at radius 3 is 2.62 bits per heavy atom. The fourth-order valence-corrected chi connectivity index (χ4v) is 2.46. The van der Waals surface area contributed by atoms with Gasteiger partial charge in [0.2, 0.25) is 5.91 Å². The third kappa shape index (κ3) is 4.34. The smallest absolute Gasteiger partial charge is 0.376 e. The second-order valence-corrected chi connectivity index (χ2v) is 5.59. The monoisotopic (exact) mass is 365 g/mol. The van der Waals surface area contributed by atoms with E-state index in [1.165, 1.54) is 12.1 Å². The number of hydrogen-bond donors (Lipinski definition) is 2. The molecule has 1 aromatic carbocycles. The van der Waals surface area contributed by atoms with Gasteiger partial charge in [0.05, 0.1) is 12.1 Å². The molecule has 1 aromatic rings. The highest BCUT2D eigenvalue weighted by atomic mass is 79.9. The Morgan fingerprint density at radius 2 is 2.00 bits per heavy atom. The number of alkyl halides is 3. The maximum absolute atomic E-state index is 12.9. The van der Waals surface area contributed by atoms with Crippen LogP contribution in [0.4, 0.5) is 18.9 Å². The zero-order valence-corrected chi connectivity index (χ0v) is 12.7. The molecule has 2 rings (SSSR count). The van der Waals surface area contributed by atoms with Gasteiger partial charge in [-0.3, -0.25) is 4.79 Å². The van der Waals surface area contributed by atoms with E-state index in [0.717, 1.165) is 6.07 Å². The first-order valence-corrected chi connectivity index (χ1v) is 7.26. The van der Waals surface area contributed by atoms with Crippen LogP contribution in [0.2, 0.25) is 0 Å². The molecule has 4 nitrogen and oxygen atoms in total. The van der Waals surface area contributed by atoms with Crippen LogP contribution in [0.25, 0.3) is 0 Å². The van der Waals surface area contributed by atoms with E-state index in [1.54, 1.807) is 4.90 Å². The summed E-state index contributed by atoms with van der Waals surface area (Å²) in [6, 6.07) is 3.82. The zero-order valence-electron chi connectivity index (χ0n) is 11.1. The average Bonchev–Trinajstić information content (AvgIpc) is 2.45. The minimum atomic E-state index is -4.47. The van der Waals surface area contributed by atoms with Gasteiger partial charge in [-0.05, 0) is 18.2 Å². The number of carbonyl (C=O) groups excluding carboxylic acids is 1. The molecule has 8 heteroatoms. The first-order valence-electron chi connectivity index (χ1n) is 6.47. The molecule has 0 saturated carbocycles. The third-order valence-electron chi connectivity index (χ3n) is 3.19. The Kier molecular flexibility index (Phi) is 5.10. The standard InChI is InChI=1S/C13H15BrF3N3O/c14-9-1-2-11(10(7-9)13(15,16)17)19-8-12(21)20-5-3-18-4-6-20/h1-2,7,18-19H,3-6,8H2. The number of amides is 1. The number of nitrogens with one attached hydrogen (secondary N) is 2. The van der Waals surface area contributed by atoms with Gasteiger partial charge in [0, 0.05) is 36.3 Å². The largest absolute Gasteiger partial charge is 0.418 e. The molecule has 0 aliphatic carbocycles. The number of benzene rings is 1. The molecule has 2 N–H and O–H groups in total. The minimum absolute atomic E-state index is 0.0887. The fourth-order valence-electron chi connectivity index (χ4n) is 2.10. The molecule has 1 fully saturated rings. The van der Waals surface area contributed by atoms with Crippen LogP contribution >= 0.6 is 15.9 Å². The van der Waals surface area contributed by atoms with Crippen molar-refractivity contribution in [3.63, 3.8) is 0 Å². The number of hydrogen-bond acceptors (Lipinski definition) is 3. The highest BCUT2D eigenvalue weighted by Crippen LogP contribution is 2.36. The van der Waals surface area contributed by atoms with E-state index in [4.69, 9.17) is 0 Å². The molecule has 0 spiro atoms. The van der Waals surface area contributed by atoms with E-state index in [-0.39, 0.29) is 18.1 Å².